The van der Waals surface area contributed by atoms with Crippen molar-refractivity contribution in [1.29, 1.82) is 0 Å². The number of hydrogen-bond donors (Lipinski definition) is 1. The van der Waals surface area contributed by atoms with Crippen LogP contribution < -0.4 is 0 Å². The Kier molecular flexibility index (Phi) is 3.10. The predicted molar refractivity (Wildman–Crippen MR) is 82.9 cm³/mol. The zero-order valence-electron chi connectivity index (χ0n) is 13.7. The fraction of sp³-hybridized carbons (Fsp3) is 0.778. The second kappa shape index (κ2) is 4.37. The Hall–Kier alpha value is -0.760. The SMILES string of the molecule is Cc1cc2c(n1C1CCCC1(C)C)CC(C)(C)CC2O. The molecule has 1 aromatic rings. The van der Waals surface area contributed by atoms with Crippen LogP contribution in [-0.2, 0) is 6.42 Å². The number of nitrogens with zero attached hydrogens (tertiary/aromatic N) is 1. The van der Waals surface area contributed by atoms with E-state index in [0.717, 1.165) is 12.8 Å². The lowest BCUT2D eigenvalue weighted by atomic mass is 9.75. The monoisotopic (exact) mass is 275 g/mol. The number of aliphatic hydroxyl groups is 1. The number of aromatic nitrogens is 1. The second-order valence-electron chi connectivity index (χ2n) is 8.52. The smallest absolute Gasteiger partial charge is 0.0812 e. The van der Waals surface area contributed by atoms with E-state index in [1.165, 1.54) is 36.2 Å². The average molecular weight is 275 g/mol. The standard InChI is InChI=1S/C18H29NO/c1-12-9-13-14(10-17(2,3)11-15(13)20)19(12)16-7-6-8-18(16,4)5/h9,15-16,20H,6-8,10-11H2,1-5H3. The lowest BCUT2D eigenvalue weighted by Gasteiger charge is -2.37. The summed E-state index contributed by atoms with van der Waals surface area (Å²) in [4.78, 5) is 0. The van der Waals surface area contributed by atoms with Gasteiger partial charge in [-0.3, -0.25) is 0 Å². The minimum Gasteiger partial charge on any atom is -0.388 e. The molecule has 1 saturated carbocycles. The van der Waals surface area contributed by atoms with Crippen molar-refractivity contribution < 1.29 is 5.11 Å². The first-order valence-electron chi connectivity index (χ1n) is 8.10. The number of fused-ring (bicyclic) bond motifs is 1. The van der Waals surface area contributed by atoms with E-state index in [2.05, 4.69) is 45.3 Å². The molecular formula is C18H29NO. The molecule has 1 heterocycles. The molecule has 2 aliphatic rings. The van der Waals surface area contributed by atoms with Gasteiger partial charge in [0.2, 0.25) is 0 Å². The Bertz CT molecular complexity index is 524. The highest BCUT2D eigenvalue weighted by atomic mass is 16.3. The van der Waals surface area contributed by atoms with Crippen LogP contribution in [0, 0.1) is 17.8 Å². The summed E-state index contributed by atoms with van der Waals surface area (Å²) < 4.78 is 2.58. The summed E-state index contributed by atoms with van der Waals surface area (Å²) in [5, 5.41) is 10.5. The summed E-state index contributed by atoms with van der Waals surface area (Å²) >= 11 is 0. The van der Waals surface area contributed by atoms with Crippen LogP contribution in [0.25, 0.3) is 0 Å². The molecule has 0 aliphatic heterocycles. The maximum atomic E-state index is 10.5. The summed E-state index contributed by atoms with van der Waals surface area (Å²) in [6, 6.07) is 2.84. The molecule has 1 fully saturated rings. The number of rotatable bonds is 1. The van der Waals surface area contributed by atoms with Crippen molar-refractivity contribution in [3.05, 3.63) is 23.0 Å². The van der Waals surface area contributed by atoms with Crippen molar-refractivity contribution in [2.45, 2.75) is 78.9 Å². The zero-order chi connectivity index (χ0) is 14.7. The van der Waals surface area contributed by atoms with E-state index in [1.54, 1.807) is 0 Å². The molecule has 0 aromatic carbocycles. The normalized spacial score (nSPS) is 31.3. The van der Waals surface area contributed by atoms with Gasteiger partial charge in [0.05, 0.1) is 6.10 Å². The molecular weight excluding hydrogens is 246 g/mol. The molecule has 1 aromatic heterocycles. The van der Waals surface area contributed by atoms with Crippen LogP contribution in [0.4, 0.5) is 0 Å². The zero-order valence-corrected chi connectivity index (χ0v) is 13.7. The van der Waals surface area contributed by atoms with Gasteiger partial charge in [0.25, 0.3) is 0 Å². The Morgan fingerprint density at radius 2 is 1.95 bits per heavy atom. The van der Waals surface area contributed by atoms with E-state index in [9.17, 15) is 5.11 Å². The quantitative estimate of drug-likeness (QED) is 0.799. The van der Waals surface area contributed by atoms with Gasteiger partial charge in [0.15, 0.2) is 0 Å². The van der Waals surface area contributed by atoms with Gasteiger partial charge < -0.3 is 9.67 Å². The second-order valence-corrected chi connectivity index (χ2v) is 8.52. The first kappa shape index (κ1) is 14.2. The molecule has 2 nitrogen and oxygen atoms in total. The molecule has 0 amide bonds. The van der Waals surface area contributed by atoms with Crippen LogP contribution in [0.2, 0.25) is 0 Å². The van der Waals surface area contributed by atoms with Gasteiger partial charge in [-0.05, 0) is 49.5 Å². The maximum Gasteiger partial charge on any atom is 0.0812 e. The Balaban J connectivity index is 2.10. The third-order valence-electron chi connectivity index (χ3n) is 5.63. The van der Waals surface area contributed by atoms with Gasteiger partial charge in [0, 0.05) is 23.0 Å². The van der Waals surface area contributed by atoms with Crippen molar-refractivity contribution in [3.63, 3.8) is 0 Å². The molecule has 0 bridgehead atoms. The van der Waals surface area contributed by atoms with E-state index in [0.29, 0.717) is 11.5 Å². The van der Waals surface area contributed by atoms with Gasteiger partial charge >= 0.3 is 0 Å². The van der Waals surface area contributed by atoms with Crippen molar-refractivity contribution in [2.24, 2.45) is 10.8 Å². The summed E-state index contributed by atoms with van der Waals surface area (Å²) in [5.41, 5.74) is 4.53. The van der Waals surface area contributed by atoms with Crippen LogP contribution in [-0.4, -0.2) is 9.67 Å². The highest BCUT2D eigenvalue weighted by Crippen LogP contribution is 2.50. The molecule has 0 radical (unpaired) electrons. The van der Waals surface area contributed by atoms with E-state index in [4.69, 9.17) is 0 Å². The topological polar surface area (TPSA) is 25.2 Å². The van der Waals surface area contributed by atoms with Crippen molar-refractivity contribution in [3.8, 4) is 0 Å². The molecule has 1 N–H and O–H groups in total. The largest absolute Gasteiger partial charge is 0.388 e. The maximum absolute atomic E-state index is 10.5. The molecule has 2 unspecified atom stereocenters. The summed E-state index contributed by atoms with van der Waals surface area (Å²) in [6.45, 7) is 11.6. The molecule has 0 spiro atoms. The van der Waals surface area contributed by atoms with Crippen LogP contribution in [0.15, 0.2) is 6.07 Å². The third-order valence-corrected chi connectivity index (χ3v) is 5.63. The number of hydrogen-bond acceptors (Lipinski definition) is 1. The van der Waals surface area contributed by atoms with Gasteiger partial charge in [-0.15, -0.1) is 0 Å². The van der Waals surface area contributed by atoms with Crippen molar-refractivity contribution in [1.82, 2.24) is 4.57 Å². The summed E-state index contributed by atoms with van der Waals surface area (Å²) in [6.07, 6.45) is 5.63. The van der Waals surface area contributed by atoms with Crippen LogP contribution in [0.1, 0.15) is 82.5 Å². The van der Waals surface area contributed by atoms with Crippen molar-refractivity contribution in [2.75, 3.05) is 0 Å². The molecule has 2 atom stereocenters. The van der Waals surface area contributed by atoms with E-state index in [-0.39, 0.29) is 11.5 Å². The number of aliphatic hydroxyl groups excluding tert-OH is 1. The van der Waals surface area contributed by atoms with E-state index >= 15 is 0 Å². The van der Waals surface area contributed by atoms with Gasteiger partial charge in [-0.2, -0.15) is 0 Å². The molecule has 2 heteroatoms. The van der Waals surface area contributed by atoms with Crippen LogP contribution >= 0.6 is 0 Å². The highest BCUT2D eigenvalue weighted by molar-refractivity contribution is 5.34. The van der Waals surface area contributed by atoms with Gasteiger partial charge in [0.1, 0.15) is 0 Å². The number of aryl methyl sites for hydroxylation is 1. The molecule has 0 saturated heterocycles. The lowest BCUT2D eigenvalue weighted by Crippen LogP contribution is -2.30. The lowest BCUT2D eigenvalue weighted by molar-refractivity contribution is 0.0961. The Labute approximate surface area is 123 Å². The highest BCUT2D eigenvalue weighted by Gasteiger charge is 2.40. The molecule has 112 valence electrons. The van der Waals surface area contributed by atoms with Crippen molar-refractivity contribution >= 4 is 0 Å². The summed E-state index contributed by atoms with van der Waals surface area (Å²) in [5.74, 6) is 0. The summed E-state index contributed by atoms with van der Waals surface area (Å²) in [7, 11) is 0. The first-order valence-corrected chi connectivity index (χ1v) is 8.10. The van der Waals surface area contributed by atoms with Crippen LogP contribution in [0.3, 0.4) is 0 Å². The Morgan fingerprint density at radius 1 is 1.25 bits per heavy atom. The third kappa shape index (κ3) is 2.13. The fourth-order valence-electron chi connectivity index (χ4n) is 4.59. The molecule has 3 rings (SSSR count). The minimum atomic E-state index is -0.279. The molecule has 20 heavy (non-hydrogen) atoms. The first-order chi connectivity index (χ1) is 9.21. The van der Waals surface area contributed by atoms with E-state index in [1.807, 2.05) is 0 Å². The minimum absolute atomic E-state index is 0.206. The van der Waals surface area contributed by atoms with Gasteiger partial charge in [-0.25, -0.2) is 0 Å². The predicted octanol–water partition coefficient (Wildman–Crippen LogP) is 4.55. The average Bonchev–Trinajstić information content (AvgIpc) is 2.77. The van der Waals surface area contributed by atoms with E-state index < -0.39 is 0 Å². The van der Waals surface area contributed by atoms with Gasteiger partial charge in [-0.1, -0.05) is 34.1 Å². The molecule has 2 aliphatic carbocycles. The Morgan fingerprint density at radius 3 is 2.55 bits per heavy atom. The fourth-order valence-corrected chi connectivity index (χ4v) is 4.59. The van der Waals surface area contributed by atoms with Crippen LogP contribution in [0.5, 0.6) is 0 Å².